The fraction of sp³-hybridized carbons (Fsp3) is 0.600. The maximum atomic E-state index is 9.08. The molecule has 0 aromatic heterocycles. The zero-order valence-electron chi connectivity index (χ0n) is 12.7. The molecule has 1 aromatic rings. The minimum absolute atomic E-state index is 0.0534. The molecule has 20 heavy (non-hydrogen) atoms. The van der Waals surface area contributed by atoms with Gasteiger partial charge in [-0.05, 0) is 27.2 Å². The van der Waals surface area contributed by atoms with Crippen molar-refractivity contribution in [2.24, 2.45) is 5.73 Å². The number of ether oxygens (including phenoxy) is 1. The van der Waals surface area contributed by atoms with Crippen LogP contribution in [0.2, 0.25) is 0 Å². The maximum Gasteiger partial charge on any atom is 0.124 e. The smallest absolute Gasteiger partial charge is 0.124 e. The molecule has 0 aliphatic rings. The average molecular weight is 281 g/mol. The summed E-state index contributed by atoms with van der Waals surface area (Å²) < 4.78 is 5.87. The molecule has 0 radical (unpaired) electrons. The van der Waals surface area contributed by atoms with Crippen molar-refractivity contribution in [1.29, 1.82) is 0 Å². The molecular weight excluding hydrogens is 254 g/mol. The molecule has 0 aliphatic carbocycles. The van der Waals surface area contributed by atoms with E-state index in [0.717, 1.165) is 17.9 Å². The normalized spacial score (nSPS) is 12.9. The van der Waals surface area contributed by atoms with Crippen LogP contribution in [0.4, 0.5) is 0 Å². The van der Waals surface area contributed by atoms with Crippen molar-refractivity contribution < 1.29 is 9.84 Å². The van der Waals surface area contributed by atoms with Gasteiger partial charge in [0.1, 0.15) is 12.4 Å². The molecule has 1 unspecified atom stereocenters. The Morgan fingerprint density at radius 1 is 1.20 bits per heavy atom. The lowest BCUT2D eigenvalue weighted by molar-refractivity contribution is 0.179. The number of rotatable bonds is 9. The van der Waals surface area contributed by atoms with E-state index < -0.39 is 0 Å². The standard InChI is InChI=1S/C15H27N3O2/c1-17(2)9-11-20-15-7-5-4-6-13(15)14(12-16)18(3)8-10-19/h4-7,14,19H,8-12,16H2,1-3H3. The molecule has 5 heteroatoms. The topological polar surface area (TPSA) is 62.0 Å². The Labute approximate surface area is 121 Å². The van der Waals surface area contributed by atoms with Crippen molar-refractivity contribution in [3.05, 3.63) is 29.8 Å². The van der Waals surface area contributed by atoms with Gasteiger partial charge in [-0.25, -0.2) is 0 Å². The lowest BCUT2D eigenvalue weighted by atomic mass is 10.0. The summed E-state index contributed by atoms with van der Waals surface area (Å²) in [6, 6.07) is 8.02. The fourth-order valence-corrected chi connectivity index (χ4v) is 2.08. The number of hydrogen-bond acceptors (Lipinski definition) is 5. The monoisotopic (exact) mass is 281 g/mol. The summed E-state index contributed by atoms with van der Waals surface area (Å²) in [5, 5.41) is 9.08. The first-order valence-electron chi connectivity index (χ1n) is 6.97. The van der Waals surface area contributed by atoms with Crippen LogP contribution in [0.3, 0.4) is 0 Å². The number of aliphatic hydroxyl groups excluding tert-OH is 1. The predicted molar refractivity (Wildman–Crippen MR) is 82.0 cm³/mol. The molecule has 0 aliphatic heterocycles. The van der Waals surface area contributed by atoms with E-state index in [-0.39, 0.29) is 12.6 Å². The summed E-state index contributed by atoms with van der Waals surface area (Å²) in [6.07, 6.45) is 0. The van der Waals surface area contributed by atoms with Gasteiger partial charge in [0.15, 0.2) is 0 Å². The Morgan fingerprint density at radius 3 is 2.50 bits per heavy atom. The molecule has 5 nitrogen and oxygen atoms in total. The minimum Gasteiger partial charge on any atom is -0.492 e. The third-order valence-electron chi connectivity index (χ3n) is 3.28. The maximum absolute atomic E-state index is 9.08. The first kappa shape index (κ1) is 16.9. The highest BCUT2D eigenvalue weighted by atomic mass is 16.5. The third-order valence-corrected chi connectivity index (χ3v) is 3.28. The van der Waals surface area contributed by atoms with E-state index in [0.29, 0.717) is 19.7 Å². The summed E-state index contributed by atoms with van der Waals surface area (Å²) in [5.41, 5.74) is 6.97. The predicted octanol–water partition coefficient (Wildman–Crippen LogP) is 0.551. The molecule has 0 amide bonds. The van der Waals surface area contributed by atoms with Gasteiger partial charge in [-0.3, -0.25) is 4.90 Å². The number of benzene rings is 1. The summed E-state index contributed by atoms with van der Waals surface area (Å²) in [4.78, 5) is 4.13. The van der Waals surface area contributed by atoms with Crippen LogP contribution in [-0.2, 0) is 0 Å². The molecule has 1 atom stereocenters. The highest BCUT2D eigenvalue weighted by Crippen LogP contribution is 2.27. The van der Waals surface area contributed by atoms with Gasteiger partial charge in [-0.2, -0.15) is 0 Å². The molecule has 114 valence electrons. The molecule has 3 N–H and O–H groups in total. The molecule has 0 spiro atoms. The molecule has 0 heterocycles. The van der Waals surface area contributed by atoms with Gasteiger partial charge in [0.25, 0.3) is 0 Å². The molecule has 1 aromatic carbocycles. The molecule has 1 rings (SSSR count). The Kier molecular flexibility index (Phi) is 7.54. The van der Waals surface area contributed by atoms with E-state index in [2.05, 4.69) is 4.90 Å². The second-order valence-corrected chi connectivity index (χ2v) is 5.15. The molecule has 0 fully saturated rings. The van der Waals surface area contributed by atoms with Crippen LogP contribution in [0, 0.1) is 0 Å². The Hall–Kier alpha value is -1.14. The third kappa shape index (κ3) is 5.09. The van der Waals surface area contributed by atoms with Gasteiger partial charge >= 0.3 is 0 Å². The van der Waals surface area contributed by atoms with E-state index in [9.17, 15) is 0 Å². The lowest BCUT2D eigenvalue weighted by Gasteiger charge is -2.28. The summed E-state index contributed by atoms with van der Waals surface area (Å²) in [6.45, 7) is 2.72. The van der Waals surface area contributed by atoms with Crippen LogP contribution >= 0.6 is 0 Å². The van der Waals surface area contributed by atoms with Crippen LogP contribution in [0.15, 0.2) is 24.3 Å². The second-order valence-electron chi connectivity index (χ2n) is 5.15. The van der Waals surface area contributed by atoms with Gasteiger partial charge in [0.05, 0.1) is 12.6 Å². The first-order chi connectivity index (χ1) is 9.60. The molecular formula is C15H27N3O2. The summed E-state index contributed by atoms with van der Waals surface area (Å²) in [5.74, 6) is 0.870. The minimum atomic E-state index is 0.0534. The Morgan fingerprint density at radius 2 is 1.90 bits per heavy atom. The van der Waals surface area contributed by atoms with Crippen LogP contribution in [-0.4, -0.2) is 68.9 Å². The lowest BCUT2D eigenvalue weighted by Crippen LogP contribution is -2.33. The Balaban J connectivity index is 2.81. The van der Waals surface area contributed by atoms with Crippen molar-refractivity contribution >= 4 is 0 Å². The quantitative estimate of drug-likeness (QED) is 0.692. The SMILES string of the molecule is CN(C)CCOc1ccccc1C(CN)N(C)CCO. The van der Waals surface area contributed by atoms with Gasteiger partial charge in [0.2, 0.25) is 0 Å². The largest absolute Gasteiger partial charge is 0.492 e. The fourth-order valence-electron chi connectivity index (χ4n) is 2.08. The van der Waals surface area contributed by atoms with Gasteiger partial charge in [-0.1, -0.05) is 18.2 Å². The molecule has 0 saturated heterocycles. The van der Waals surface area contributed by atoms with Gasteiger partial charge in [-0.15, -0.1) is 0 Å². The number of likely N-dealkylation sites (N-methyl/N-ethyl adjacent to an activating group) is 2. The van der Waals surface area contributed by atoms with Crippen LogP contribution < -0.4 is 10.5 Å². The van der Waals surface area contributed by atoms with Crippen molar-refractivity contribution in [2.75, 3.05) is 54.0 Å². The van der Waals surface area contributed by atoms with Crippen molar-refractivity contribution in [1.82, 2.24) is 9.80 Å². The summed E-state index contributed by atoms with van der Waals surface area (Å²) >= 11 is 0. The average Bonchev–Trinajstić information content (AvgIpc) is 2.41. The van der Waals surface area contributed by atoms with Gasteiger partial charge in [0, 0.05) is 25.2 Å². The second kappa shape index (κ2) is 8.92. The number of nitrogens with two attached hydrogens (primary N) is 1. The van der Waals surface area contributed by atoms with Crippen LogP contribution in [0.25, 0.3) is 0 Å². The van der Waals surface area contributed by atoms with Crippen molar-refractivity contribution in [3.8, 4) is 5.75 Å². The van der Waals surface area contributed by atoms with E-state index in [1.165, 1.54) is 0 Å². The first-order valence-corrected chi connectivity index (χ1v) is 6.97. The highest BCUT2D eigenvalue weighted by molar-refractivity contribution is 5.36. The zero-order valence-corrected chi connectivity index (χ0v) is 12.7. The van der Waals surface area contributed by atoms with Crippen LogP contribution in [0.1, 0.15) is 11.6 Å². The number of para-hydroxylation sites is 1. The number of nitrogens with zero attached hydrogens (tertiary/aromatic N) is 2. The highest BCUT2D eigenvalue weighted by Gasteiger charge is 2.18. The van der Waals surface area contributed by atoms with E-state index >= 15 is 0 Å². The van der Waals surface area contributed by atoms with Crippen molar-refractivity contribution in [2.45, 2.75) is 6.04 Å². The van der Waals surface area contributed by atoms with E-state index in [1.807, 2.05) is 50.3 Å². The summed E-state index contributed by atoms with van der Waals surface area (Å²) in [7, 11) is 6.00. The Bertz CT molecular complexity index is 385. The van der Waals surface area contributed by atoms with Crippen molar-refractivity contribution in [3.63, 3.8) is 0 Å². The van der Waals surface area contributed by atoms with Gasteiger partial charge < -0.3 is 20.5 Å². The van der Waals surface area contributed by atoms with Crippen LogP contribution in [0.5, 0.6) is 5.75 Å². The number of aliphatic hydroxyl groups is 1. The van der Waals surface area contributed by atoms with E-state index in [4.69, 9.17) is 15.6 Å². The zero-order chi connectivity index (χ0) is 15.0. The molecule has 0 saturated carbocycles. The molecule has 0 bridgehead atoms. The number of hydrogen-bond donors (Lipinski definition) is 2. The van der Waals surface area contributed by atoms with E-state index in [1.54, 1.807) is 0 Å².